The van der Waals surface area contributed by atoms with Crippen molar-refractivity contribution in [1.29, 1.82) is 0 Å². The molecular weight excluding hydrogens is 486 g/mol. The van der Waals surface area contributed by atoms with E-state index in [1.54, 1.807) is 17.4 Å². The van der Waals surface area contributed by atoms with E-state index >= 15 is 0 Å². The number of amides is 1. The van der Waals surface area contributed by atoms with E-state index in [0.29, 0.717) is 18.0 Å². The predicted octanol–water partition coefficient (Wildman–Crippen LogP) is 5.79. The Bertz CT molecular complexity index is 938. The lowest BCUT2D eigenvalue weighted by Gasteiger charge is -2.36. The maximum atomic E-state index is 12.7. The van der Waals surface area contributed by atoms with Gasteiger partial charge in [-0.1, -0.05) is 46.2 Å². The minimum Gasteiger partial charge on any atom is -0.355 e. The summed E-state index contributed by atoms with van der Waals surface area (Å²) in [6.45, 7) is 5.01. The quantitative estimate of drug-likeness (QED) is 0.456. The number of carbonyl (C=O) groups is 1. The minimum atomic E-state index is -0.205. The highest BCUT2D eigenvalue weighted by Gasteiger charge is 2.26. The van der Waals surface area contributed by atoms with Crippen molar-refractivity contribution in [3.05, 3.63) is 62.9 Å². The van der Waals surface area contributed by atoms with Crippen molar-refractivity contribution >= 4 is 45.6 Å². The fraction of sp³-hybridized carbons (Fsp3) is 0.364. The summed E-state index contributed by atoms with van der Waals surface area (Å²) in [5, 5.41) is 9.13. The van der Waals surface area contributed by atoms with E-state index in [2.05, 4.69) is 55.7 Å². The number of piperidine rings is 1. The molecule has 5 nitrogen and oxygen atoms in total. The van der Waals surface area contributed by atoms with Gasteiger partial charge in [-0.25, -0.2) is 0 Å². The lowest BCUT2D eigenvalue weighted by Crippen LogP contribution is -2.41. The van der Waals surface area contributed by atoms with Crippen molar-refractivity contribution in [1.82, 2.24) is 15.4 Å². The fourth-order valence-corrected chi connectivity index (χ4v) is 4.77. The van der Waals surface area contributed by atoms with Gasteiger partial charge in [0.25, 0.3) is 5.91 Å². The Balaban J connectivity index is 0.00000256. The summed E-state index contributed by atoms with van der Waals surface area (Å²) in [6, 6.07) is 13.8. The molecule has 3 aromatic rings. The molecule has 1 atom stereocenters. The smallest absolute Gasteiger partial charge is 0.273 e. The number of halogens is 2. The maximum Gasteiger partial charge on any atom is 0.273 e. The average Bonchev–Trinajstić information content (AvgIpc) is 3.42. The lowest BCUT2D eigenvalue weighted by atomic mass is 9.97. The van der Waals surface area contributed by atoms with Gasteiger partial charge < -0.3 is 9.84 Å². The van der Waals surface area contributed by atoms with Crippen LogP contribution in [-0.4, -0.2) is 35.6 Å². The highest BCUT2D eigenvalue weighted by atomic mass is 79.9. The van der Waals surface area contributed by atoms with Gasteiger partial charge in [-0.15, -0.1) is 23.7 Å². The van der Waals surface area contributed by atoms with E-state index in [0.717, 1.165) is 29.0 Å². The van der Waals surface area contributed by atoms with Crippen LogP contribution in [0.3, 0.4) is 0 Å². The highest BCUT2D eigenvalue weighted by molar-refractivity contribution is 9.10. The number of likely N-dealkylation sites (tertiary alicyclic amines) is 1. The summed E-state index contributed by atoms with van der Waals surface area (Å²) in [6.07, 6.45) is 2.41. The van der Waals surface area contributed by atoms with Gasteiger partial charge in [-0.2, -0.15) is 0 Å². The van der Waals surface area contributed by atoms with Gasteiger partial charge in [-0.3, -0.25) is 9.69 Å². The van der Waals surface area contributed by atoms with Crippen LogP contribution >= 0.6 is 39.7 Å². The van der Waals surface area contributed by atoms with Crippen molar-refractivity contribution in [2.24, 2.45) is 5.92 Å². The van der Waals surface area contributed by atoms with Gasteiger partial charge in [-0.05, 0) is 55.4 Å². The van der Waals surface area contributed by atoms with E-state index in [4.69, 9.17) is 4.52 Å². The first-order chi connectivity index (χ1) is 14.1. The summed E-state index contributed by atoms with van der Waals surface area (Å²) in [5.41, 5.74) is 1.19. The second kappa shape index (κ2) is 10.6. The molecule has 2 aromatic heterocycles. The third-order valence-electron chi connectivity index (χ3n) is 5.46. The summed E-state index contributed by atoms with van der Waals surface area (Å²) in [4.78, 5) is 16.5. The average molecular weight is 511 g/mol. The van der Waals surface area contributed by atoms with Crippen LogP contribution in [0.1, 0.15) is 41.2 Å². The molecule has 1 saturated heterocycles. The summed E-state index contributed by atoms with van der Waals surface area (Å²) in [5.74, 6) is 1.16. The van der Waals surface area contributed by atoms with Crippen molar-refractivity contribution < 1.29 is 9.32 Å². The number of nitrogens with one attached hydrogen (secondary N) is 1. The SMILES string of the molecule is CC1CCN(C(CNC(=O)c2cc(-c3ccc(Br)cc3)on2)c2cccs2)CC1.Cl. The first-order valence-corrected chi connectivity index (χ1v) is 11.6. The number of thiophene rings is 1. The second-order valence-electron chi connectivity index (χ2n) is 7.54. The number of carbonyl (C=O) groups excluding carboxylic acids is 1. The number of rotatable bonds is 6. The van der Waals surface area contributed by atoms with Gasteiger partial charge in [0.05, 0.1) is 6.04 Å². The van der Waals surface area contributed by atoms with Crippen molar-refractivity contribution in [2.75, 3.05) is 19.6 Å². The zero-order valence-corrected chi connectivity index (χ0v) is 19.9. The van der Waals surface area contributed by atoms with E-state index in [-0.39, 0.29) is 24.4 Å². The third kappa shape index (κ3) is 5.52. The maximum absolute atomic E-state index is 12.7. The van der Waals surface area contributed by atoms with E-state index in [1.165, 1.54) is 17.7 Å². The largest absolute Gasteiger partial charge is 0.355 e. The van der Waals surface area contributed by atoms with Crippen LogP contribution in [0.4, 0.5) is 0 Å². The van der Waals surface area contributed by atoms with Crippen LogP contribution in [0.15, 0.2) is 56.8 Å². The molecule has 0 radical (unpaired) electrons. The van der Waals surface area contributed by atoms with E-state index in [9.17, 15) is 4.79 Å². The highest BCUT2D eigenvalue weighted by Crippen LogP contribution is 2.29. The number of hydrogen-bond donors (Lipinski definition) is 1. The number of hydrogen-bond acceptors (Lipinski definition) is 5. The third-order valence-corrected chi connectivity index (χ3v) is 6.96. The molecule has 1 aliphatic heterocycles. The molecule has 0 bridgehead atoms. The molecule has 8 heteroatoms. The summed E-state index contributed by atoms with van der Waals surface area (Å²) < 4.78 is 6.38. The molecule has 1 unspecified atom stereocenters. The second-order valence-corrected chi connectivity index (χ2v) is 9.44. The monoisotopic (exact) mass is 509 g/mol. The summed E-state index contributed by atoms with van der Waals surface area (Å²) in [7, 11) is 0. The van der Waals surface area contributed by atoms with Crippen LogP contribution < -0.4 is 5.32 Å². The molecule has 30 heavy (non-hydrogen) atoms. The summed E-state index contributed by atoms with van der Waals surface area (Å²) >= 11 is 5.16. The molecule has 0 saturated carbocycles. The first-order valence-electron chi connectivity index (χ1n) is 9.88. The fourth-order valence-electron chi connectivity index (χ4n) is 3.64. The van der Waals surface area contributed by atoms with Crippen LogP contribution in [0.5, 0.6) is 0 Å². The zero-order valence-electron chi connectivity index (χ0n) is 16.7. The van der Waals surface area contributed by atoms with E-state index < -0.39 is 0 Å². The Morgan fingerprint density at radius 2 is 2.03 bits per heavy atom. The van der Waals surface area contributed by atoms with Crippen molar-refractivity contribution in [3.8, 4) is 11.3 Å². The molecule has 0 spiro atoms. The van der Waals surface area contributed by atoms with Crippen molar-refractivity contribution in [2.45, 2.75) is 25.8 Å². The molecule has 1 fully saturated rings. The molecule has 160 valence electrons. The Kier molecular flexibility index (Phi) is 8.11. The lowest BCUT2D eigenvalue weighted by molar-refractivity contribution is 0.0906. The molecule has 4 rings (SSSR count). The molecule has 3 heterocycles. The Morgan fingerprint density at radius 3 is 2.70 bits per heavy atom. The van der Waals surface area contributed by atoms with Gasteiger partial charge in [0, 0.05) is 27.5 Å². The minimum absolute atomic E-state index is 0. The van der Waals surface area contributed by atoms with Gasteiger partial charge >= 0.3 is 0 Å². The molecular formula is C22H25BrClN3O2S. The Hall–Kier alpha value is -1.67. The van der Waals surface area contributed by atoms with Crippen LogP contribution in [0.25, 0.3) is 11.3 Å². The Labute approximate surface area is 195 Å². The van der Waals surface area contributed by atoms with Gasteiger partial charge in [0.1, 0.15) is 0 Å². The molecule has 1 aliphatic rings. The number of aromatic nitrogens is 1. The van der Waals surface area contributed by atoms with Gasteiger partial charge in [0.2, 0.25) is 0 Å². The number of benzene rings is 1. The van der Waals surface area contributed by atoms with E-state index in [1.807, 2.05) is 24.3 Å². The Morgan fingerprint density at radius 1 is 1.30 bits per heavy atom. The van der Waals surface area contributed by atoms with Crippen LogP contribution in [0.2, 0.25) is 0 Å². The standard InChI is InChI=1S/C22H24BrN3O2S.ClH/c1-15-8-10-26(11-9-15)19(21-3-2-12-29-21)14-24-22(27)18-13-20(28-25-18)16-4-6-17(23)7-5-16;/h2-7,12-13,15,19H,8-11,14H2,1H3,(H,24,27);1H. The number of nitrogens with zero attached hydrogens (tertiary/aromatic N) is 2. The normalized spacial score (nSPS) is 16.1. The first kappa shape index (κ1) is 23.0. The molecule has 1 N–H and O–H groups in total. The predicted molar refractivity (Wildman–Crippen MR) is 126 cm³/mol. The molecule has 0 aliphatic carbocycles. The topological polar surface area (TPSA) is 58.4 Å². The van der Waals surface area contributed by atoms with Crippen LogP contribution in [0, 0.1) is 5.92 Å². The van der Waals surface area contributed by atoms with Crippen LogP contribution in [-0.2, 0) is 0 Å². The van der Waals surface area contributed by atoms with Gasteiger partial charge in [0.15, 0.2) is 11.5 Å². The molecule has 1 aromatic carbocycles. The molecule has 1 amide bonds. The zero-order chi connectivity index (χ0) is 20.2. The van der Waals surface area contributed by atoms with Crippen molar-refractivity contribution in [3.63, 3.8) is 0 Å².